The zero-order valence-corrected chi connectivity index (χ0v) is 7.75. The van der Waals surface area contributed by atoms with Crippen molar-refractivity contribution in [3.63, 3.8) is 0 Å². The average molecular weight is 170 g/mol. The van der Waals surface area contributed by atoms with Crippen LogP contribution >= 0.6 is 0 Å². The number of nitrogens with one attached hydrogen (secondary N) is 1. The van der Waals surface area contributed by atoms with E-state index in [2.05, 4.69) is 17.1 Å². The van der Waals surface area contributed by atoms with Gasteiger partial charge in [0.25, 0.3) is 0 Å². The van der Waals surface area contributed by atoms with E-state index in [1.54, 1.807) is 0 Å². The number of piperidine rings is 1. The second kappa shape index (κ2) is 3.73. The van der Waals surface area contributed by atoms with Crippen LogP contribution in [-0.4, -0.2) is 49.8 Å². The Morgan fingerprint density at radius 1 is 1.50 bits per heavy atom. The van der Waals surface area contributed by atoms with Gasteiger partial charge in [-0.3, -0.25) is 4.90 Å². The van der Waals surface area contributed by atoms with Crippen LogP contribution in [0.2, 0.25) is 0 Å². The first kappa shape index (κ1) is 8.48. The molecule has 2 saturated heterocycles. The van der Waals surface area contributed by atoms with Crippen molar-refractivity contribution in [2.75, 3.05) is 32.8 Å². The lowest BCUT2D eigenvalue weighted by Crippen LogP contribution is -2.57. The smallest absolute Gasteiger partial charge is 0.0855 e. The van der Waals surface area contributed by atoms with Crippen molar-refractivity contribution < 1.29 is 4.74 Å². The SMILES string of the molecule is CCNC1CCN2CCOC1C2. The fourth-order valence-electron chi connectivity index (χ4n) is 2.18. The minimum Gasteiger partial charge on any atom is -0.374 e. The predicted octanol–water partition coefficient (Wildman–Crippen LogP) is 0.0690. The second-order valence-corrected chi connectivity index (χ2v) is 3.66. The maximum atomic E-state index is 5.71. The molecule has 2 fully saturated rings. The third-order valence-corrected chi connectivity index (χ3v) is 2.85. The standard InChI is InChI=1S/C9H18N2O/c1-2-10-8-3-4-11-5-6-12-9(8)7-11/h8-10H,2-7H2,1H3. The van der Waals surface area contributed by atoms with Crippen LogP contribution in [0.25, 0.3) is 0 Å². The molecule has 0 aliphatic carbocycles. The Balaban J connectivity index is 1.90. The monoisotopic (exact) mass is 170 g/mol. The molecule has 2 heterocycles. The van der Waals surface area contributed by atoms with Crippen molar-refractivity contribution >= 4 is 0 Å². The van der Waals surface area contributed by atoms with Gasteiger partial charge in [0, 0.05) is 19.1 Å². The molecule has 0 saturated carbocycles. The number of morpholine rings is 1. The molecule has 0 aromatic rings. The molecule has 2 bridgehead atoms. The summed E-state index contributed by atoms with van der Waals surface area (Å²) in [5, 5.41) is 3.49. The Labute approximate surface area is 74.1 Å². The van der Waals surface area contributed by atoms with Gasteiger partial charge in [0.1, 0.15) is 0 Å². The molecule has 12 heavy (non-hydrogen) atoms. The van der Waals surface area contributed by atoms with E-state index < -0.39 is 0 Å². The normalized spacial score (nSPS) is 41.2. The summed E-state index contributed by atoms with van der Waals surface area (Å²) in [6, 6.07) is 0.603. The lowest BCUT2D eigenvalue weighted by molar-refractivity contribution is -0.0716. The Morgan fingerprint density at radius 3 is 3.25 bits per heavy atom. The summed E-state index contributed by atoms with van der Waals surface area (Å²) in [5.41, 5.74) is 0. The molecule has 3 heteroatoms. The quantitative estimate of drug-likeness (QED) is 0.634. The van der Waals surface area contributed by atoms with Crippen LogP contribution < -0.4 is 5.32 Å². The third kappa shape index (κ3) is 1.63. The molecule has 0 amide bonds. The summed E-state index contributed by atoms with van der Waals surface area (Å²) in [6.07, 6.45) is 1.70. The van der Waals surface area contributed by atoms with Gasteiger partial charge in [0.15, 0.2) is 0 Å². The first-order valence-electron chi connectivity index (χ1n) is 4.97. The van der Waals surface area contributed by atoms with Crippen molar-refractivity contribution in [3.05, 3.63) is 0 Å². The first-order chi connectivity index (χ1) is 5.90. The number of likely N-dealkylation sites (N-methyl/N-ethyl adjacent to an activating group) is 1. The molecule has 70 valence electrons. The number of fused-ring (bicyclic) bond motifs is 2. The topological polar surface area (TPSA) is 24.5 Å². The molecule has 2 aliphatic rings. The van der Waals surface area contributed by atoms with E-state index in [1.165, 1.54) is 13.0 Å². The van der Waals surface area contributed by atoms with E-state index in [0.29, 0.717) is 12.1 Å². The molecule has 3 nitrogen and oxygen atoms in total. The Hall–Kier alpha value is -0.120. The minimum atomic E-state index is 0.451. The Morgan fingerprint density at radius 2 is 2.42 bits per heavy atom. The maximum absolute atomic E-state index is 5.71. The largest absolute Gasteiger partial charge is 0.374 e. The number of nitrogens with zero attached hydrogens (tertiary/aromatic N) is 1. The number of ether oxygens (including phenoxy) is 1. The molecular formula is C9H18N2O. The highest BCUT2D eigenvalue weighted by Gasteiger charge is 2.31. The van der Waals surface area contributed by atoms with Crippen LogP contribution in [-0.2, 0) is 4.74 Å². The van der Waals surface area contributed by atoms with E-state index in [9.17, 15) is 0 Å². The highest BCUT2D eigenvalue weighted by molar-refractivity contribution is 4.88. The minimum absolute atomic E-state index is 0.451. The lowest BCUT2D eigenvalue weighted by Gasteiger charge is -2.42. The van der Waals surface area contributed by atoms with E-state index in [0.717, 1.165) is 26.2 Å². The van der Waals surface area contributed by atoms with Crippen molar-refractivity contribution in [2.45, 2.75) is 25.5 Å². The van der Waals surface area contributed by atoms with Crippen molar-refractivity contribution in [1.82, 2.24) is 10.2 Å². The molecule has 2 rings (SSSR count). The third-order valence-electron chi connectivity index (χ3n) is 2.85. The van der Waals surface area contributed by atoms with Gasteiger partial charge in [-0.15, -0.1) is 0 Å². The summed E-state index contributed by atoms with van der Waals surface area (Å²) in [5.74, 6) is 0. The number of hydrogen-bond acceptors (Lipinski definition) is 3. The van der Waals surface area contributed by atoms with Crippen LogP contribution in [0.1, 0.15) is 13.3 Å². The van der Waals surface area contributed by atoms with E-state index in [-0.39, 0.29) is 0 Å². The van der Waals surface area contributed by atoms with E-state index in [4.69, 9.17) is 4.74 Å². The van der Waals surface area contributed by atoms with Crippen molar-refractivity contribution in [3.8, 4) is 0 Å². The van der Waals surface area contributed by atoms with Crippen molar-refractivity contribution in [1.29, 1.82) is 0 Å². The molecule has 2 aliphatic heterocycles. The van der Waals surface area contributed by atoms with Crippen molar-refractivity contribution in [2.24, 2.45) is 0 Å². The number of rotatable bonds is 2. The average Bonchev–Trinajstić information content (AvgIpc) is 2.11. The van der Waals surface area contributed by atoms with Crippen LogP contribution in [0.4, 0.5) is 0 Å². The first-order valence-corrected chi connectivity index (χ1v) is 4.97. The van der Waals surface area contributed by atoms with E-state index >= 15 is 0 Å². The molecule has 1 N–H and O–H groups in total. The summed E-state index contributed by atoms with van der Waals surface area (Å²) in [6.45, 7) is 7.66. The lowest BCUT2D eigenvalue weighted by atomic mass is 10.0. The molecule has 0 spiro atoms. The van der Waals surface area contributed by atoms with Gasteiger partial charge in [-0.05, 0) is 19.5 Å². The Bertz CT molecular complexity index is 149. The molecule has 0 radical (unpaired) electrons. The molecular weight excluding hydrogens is 152 g/mol. The van der Waals surface area contributed by atoms with Gasteiger partial charge in [-0.25, -0.2) is 0 Å². The van der Waals surface area contributed by atoms with Gasteiger partial charge < -0.3 is 10.1 Å². The molecule has 3 unspecified atom stereocenters. The van der Waals surface area contributed by atoms with Crippen LogP contribution in [0.15, 0.2) is 0 Å². The van der Waals surface area contributed by atoms with Gasteiger partial charge in [0.05, 0.1) is 12.7 Å². The van der Waals surface area contributed by atoms with E-state index in [1.807, 2.05) is 0 Å². The molecule has 0 aromatic heterocycles. The van der Waals surface area contributed by atoms with Gasteiger partial charge >= 0.3 is 0 Å². The zero-order valence-electron chi connectivity index (χ0n) is 7.75. The highest BCUT2D eigenvalue weighted by Crippen LogP contribution is 2.17. The number of hydrogen-bond donors (Lipinski definition) is 1. The fraction of sp³-hybridized carbons (Fsp3) is 1.00. The predicted molar refractivity (Wildman–Crippen MR) is 48.3 cm³/mol. The highest BCUT2D eigenvalue weighted by atomic mass is 16.5. The summed E-state index contributed by atoms with van der Waals surface area (Å²) < 4.78 is 5.71. The molecule has 3 atom stereocenters. The summed E-state index contributed by atoms with van der Waals surface area (Å²) in [7, 11) is 0. The van der Waals surface area contributed by atoms with Gasteiger partial charge in [-0.1, -0.05) is 6.92 Å². The van der Waals surface area contributed by atoms with Crippen LogP contribution in [0.3, 0.4) is 0 Å². The fourth-order valence-corrected chi connectivity index (χ4v) is 2.18. The van der Waals surface area contributed by atoms with Gasteiger partial charge in [0.2, 0.25) is 0 Å². The van der Waals surface area contributed by atoms with Gasteiger partial charge in [-0.2, -0.15) is 0 Å². The van der Waals surface area contributed by atoms with Crippen LogP contribution in [0, 0.1) is 0 Å². The summed E-state index contributed by atoms with van der Waals surface area (Å²) in [4.78, 5) is 2.50. The second-order valence-electron chi connectivity index (χ2n) is 3.66. The summed E-state index contributed by atoms with van der Waals surface area (Å²) >= 11 is 0. The maximum Gasteiger partial charge on any atom is 0.0855 e. The Kier molecular flexibility index (Phi) is 2.63. The molecule has 0 aromatic carbocycles. The van der Waals surface area contributed by atoms with Crippen LogP contribution in [0.5, 0.6) is 0 Å². The zero-order chi connectivity index (χ0) is 8.39.